The van der Waals surface area contributed by atoms with Crippen molar-refractivity contribution in [3.63, 3.8) is 0 Å². The summed E-state index contributed by atoms with van der Waals surface area (Å²) < 4.78 is 242. The maximum absolute atomic E-state index is 13.0. The van der Waals surface area contributed by atoms with E-state index in [-0.39, 0.29) is 12.4 Å². The van der Waals surface area contributed by atoms with Crippen LogP contribution < -0.4 is 0 Å². The molecule has 0 aliphatic heterocycles. The molecule has 0 aliphatic carbocycles. The lowest BCUT2D eigenvalue weighted by Gasteiger charge is -2.42. The van der Waals surface area contributed by atoms with E-state index in [4.69, 9.17) is 4.55 Å². The molecular formula is C8H2ClF17O3S. The van der Waals surface area contributed by atoms with Gasteiger partial charge in [0.25, 0.3) is 0 Å². The lowest BCUT2D eigenvalue weighted by molar-refractivity contribution is -0.458. The summed E-state index contributed by atoms with van der Waals surface area (Å²) in [5.74, 6) is -52.0. The van der Waals surface area contributed by atoms with Gasteiger partial charge in [-0.1, -0.05) is 0 Å². The van der Waals surface area contributed by atoms with E-state index < -0.39 is 57.1 Å². The fourth-order valence-corrected chi connectivity index (χ4v) is 1.76. The molecular weight excluding hydrogens is 535 g/mol. The van der Waals surface area contributed by atoms with E-state index in [9.17, 15) is 83.1 Å². The Morgan fingerprint density at radius 1 is 0.433 bits per heavy atom. The van der Waals surface area contributed by atoms with Crippen molar-refractivity contribution in [1.82, 2.24) is 0 Å². The molecule has 0 saturated carbocycles. The minimum Gasteiger partial charge on any atom is -0.281 e. The zero-order chi connectivity index (χ0) is 24.5. The summed E-state index contributed by atoms with van der Waals surface area (Å²) in [6.07, 6.45) is -7.88. The van der Waals surface area contributed by atoms with Crippen molar-refractivity contribution < 1.29 is 87.6 Å². The molecule has 30 heavy (non-hydrogen) atoms. The molecule has 0 bridgehead atoms. The SMILES string of the molecule is Cl.O=S(=O)(O)C(F)(F)C(F)(F)C(F)(F)C(F)(F)C(F)(F)C(F)(F)C(F)(F)C(F)(F)F. The first-order valence-corrected chi connectivity index (χ1v) is 7.12. The second-order valence-corrected chi connectivity index (χ2v) is 6.40. The van der Waals surface area contributed by atoms with Gasteiger partial charge in [-0.25, -0.2) is 0 Å². The molecule has 3 nitrogen and oxygen atoms in total. The Balaban J connectivity index is 0. The van der Waals surface area contributed by atoms with Crippen molar-refractivity contribution in [1.29, 1.82) is 0 Å². The molecule has 0 aromatic carbocycles. The molecule has 0 heterocycles. The number of alkyl halides is 17. The summed E-state index contributed by atoms with van der Waals surface area (Å²) in [4.78, 5) is 0. The summed E-state index contributed by atoms with van der Waals surface area (Å²) >= 11 is 0. The Hall–Kier alpha value is -0.990. The zero-order valence-electron chi connectivity index (χ0n) is 12.5. The molecule has 0 rings (SSSR count). The van der Waals surface area contributed by atoms with E-state index in [1.807, 2.05) is 0 Å². The fraction of sp³-hybridized carbons (Fsp3) is 1.00. The number of halogens is 18. The fourth-order valence-electron chi connectivity index (χ4n) is 1.31. The molecule has 184 valence electrons. The van der Waals surface area contributed by atoms with Crippen LogP contribution in [0.15, 0.2) is 0 Å². The lowest BCUT2D eigenvalue weighted by Crippen LogP contribution is -2.74. The van der Waals surface area contributed by atoms with Crippen molar-refractivity contribution in [2.24, 2.45) is 0 Å². The smallest absolute Gasteiger partial charge is 0.281 e. The second-order valence-electron chi connectivity index (χ2n) is 4.94. The standard InChI is InChI=1S/C8HF17O3S.ClH/c9-1(10,3(13,14)5(17,18)7(21,22)23)2(11,12)4(15,16)6(19,20)8(24,25)29(26,27)28;/h(H,26,27,28);1H. The van der Waals surface area contributed by atoms with Crippen LogP contribution in [0.2, 0.25) is 0 Å². The van der Waals surface area contributed by atoms with Gasteiger partial charge in [0.05, 0.1) is 0 Å². The zero-order valence-corrected chi connectivity index (χ0v) is 14.1. The van der Waals surface area contributed by atoms with Crippen LogP contribution >= 0.6 is 12.4 Å². The summed E-state index contributed by atoms with van der Waals surface area (Å²) in [5.41, 5.74) is 0. The first-order valence-electron chi connectivity index (χ1n) is 5.68. The maximum atomic E-state index is 13.0. The normalized spacial score (nSPS) is 16.3. The third-order valence-corrected chi connectivity index (χ3v) is 3.92. The van der Waals surface area contributed by atoms with Gasteiger partial charge in [-0.15, -0.1) is 12.4 Å². The minimum absolute atomic E-state index is 0. The van der Waals surface area contributed by atoms with Gasteiger partial charge in [0.1, 0.15) is 0 Å². The number of rotatable bonds is 7. The van der Waals surface area contributed by atoms with Crippen LogP contribution in [0.25, 0.3) is 0 Å². The van der Waals surface area contributed by atoms with Crippen LogP contribution in [0.4, 0.5) is 74.6 Å². The van der Waals surface area contributed by atoms with Crippen LogP contribution in [0.3, 0.4) is 0 Å². The van der Waals surface area contributed by atoms with E-state index in [0.29, 0.717) is 0 Å². The van der Waals surface area contributed by atoms with Gasteiger partial charge < -0.3 is 0 Å². The molecule has 0 unspecified atom stereocenters. The van der Waals surface area contributed by atoms with Crippen molar-refractivity contribution in [2.45, 2.75) is 47.0 Å². The molecule has 1 N–H and O–H groups in total. The van der Waals surface area contributed by atoms with E-state index in [1.165, 1.54) is 0 Å². The average molecular weight is 537 g/mol. The van der Waals surface area contributed by atoms with Crippen molar-refractivity contribution >= 4 is 22.5 Å². The summed E-state index contributed by atoms with van der Waals surface area (Å²) in [7, 11) is -7.89. The average Bonchev–Trinajstić information content (AvgIpc) is 2.43. The topological polar surface area (TPSA) is 54.4 Å². The van der Waals surface area contributed by atoms with Crippen molar-refractivity contribution in [3.05, 3.63) is 0 Å². The Labute approximate surface area is 158 Å². The highest BCUT2D eigenvalue weighted by Crippen LogP contribution is 2.64. The van der Waals surface area contributed by atoms with Crippen molar-refractivity contribution in [3.8, 4) is 0 Å². The first kappa shape index (κ1) is 31.2. The van der Waals surface area contributed by atoms with E-state index in [2.05, 4.69) is 0 Å². The minimum atomic E-state index is -8.89. The molecule has 0 aromatic heterocycles. The largest absolute Gasteiger partial charge is 0.460 e. The van der Waals surface area contributed by atoms with Gasteiger partial charge in [-0.3, -0.25) is 4.55 Å². The van der Waals surface area contributed by atoms with Crippen LogP contribution in [0.1, 0.15) is 0 Å². The molecule has 0 saturated heterocycles. The molecule has 0 aliphatic rings. The van der Waals surface area contributed by atoms with E-state index >= 15 is 0 Å². The Bertz CT molecular complexity index is 739. The van der Waals surface area contributed by atoms with Crippen LogP contribution in [0, 0.1) is 0 Å². The maximum Gasteiger partial charge on any atom is 0.460 e. The number of hydrogen-bond acceptors (Lipinski definition) is 2. The summed E-state index contributed by atoms with van der Waals surface area (Å²) in [6, 6.07) is 0. The molecule has 22 heteroatoms. The van der Waals surface area contributed by atoms with Crippen LogP contribution in [-0.4, -0.2) is 59.9 Å². The molecule has 0 atom stereocenters. The van der Waals surface area contributed by atoms with Gasteiger partial charge >= 0.3 is 57.1 Å². The summed E-state index contributed by atoms with van der Waals surface area (Å²) in [5, 5.41) is -7.84. The molecule has 0 radical (unpaired) electrons. The van der Waals surface area contributed by atoms with E-state index in [0.717, 1.165) is 0 Å². The number of hydrogen-bond donors (Lipinski definition) is 1. The summed E-state index contributed by atoms with van der Waals surface area (Å²) in [6.45, 7) is 0. The third kappa shape index (κ3) is 3.62. The molecule has 0 fully saturated rings. The molecule has 0 amide bonds. The van der Waals surface area contributed by atoms with Crippen LogP contribution in [0.5, 0.6) is 0 Å². The molecule has 0 aromatic rings. The van der Waals surface area contributed by atoms with Gasteiger partial charge in [0.15, 0.2) is 0 Å². The Morgan fingerprint density at radius 3 is 0.833 bits per heavy atom. The second kappa shape index (κ2) is 7.27. The Kier molecular flexibility index (Phi) is 7.56. The quantitative estimate of drug-likeness (QED) is 0.357. The predicted molar refractivity (Wildman–Crippen MR) is 59.5 cm³/mol. The lowest BCUT2D eigenvalue weighted by atomic mass is 9.91. The highest BCUT2D eigenvalue weighted by atomic mass is 35.5. The highest BCUT2D eigenvalue weighted by Gasteiger charge is 2.96. The third-order valence-electron chi connectivity index (χ3n) is 3.02. The Morgan fingerprint density at radius 2 is 0.633 bits per heavy atom. The first-order chi connectivity index (χ1) is 12.0. The van der Waals surface area contributed by atoms with Gasteiger partial charge in [-0.2, -0.15) is 83.1 Å². The monoisotopic (exact) mass is 536 g/mol. The molecule has 0 spiro atoms. The highest BCUT2D eigenvalue weighted by molar-refractivity contribution is 7.87. The van der Waals surface area contributed by atoms with Gasteiger partial charge in [0.2, 0.25) is 0 Å². The van der Waals surface area contributed by atoms with Gasteiger partial charge in [-0.05, 0) is 0 Å². The van der Waals surface area contributed by atoms with Crippen LogP contribution in [-0.2, 0) is 10.1 Å². The van der Waals surface area contributed by atoms with Crippen molar-refractivity contribution in [2.75, 3.05) is 0 Å². The predicted octanol–water partition coefficient (Wildman–Crippen LogP) is 5.26. The van der Waals surface area contributed by atoms with Gasteiger partial charge in [0, 0.05) is 0 Å². The van der Waals surface area contributed by atoms with E-state index in [1.54, 1.807) is 0 Å².